The molecule has 1 aliphatic heterocycles. The van der Waals surface area contributed by atoms with Gasteiger partial charge >= 0.3 is 6.09 Å². The zero-order valence-electron chi connectivity index (χ0n) is 15.9. The van der Waals surface area contributed by atoms with E-state index in [0.717, 1.165) is 19.5 Å². The molecular weight excluding hydrogens is 290 g/mol. The van der Waals surface area contributed by atoms with Gasteiger partial charge in [-0.05, 0) is 79.1 Å². The van der Waals surface area contributed by atoms with E-state index in [1.807, 2.05) is 27.8 Å². The van der Waals surface area contributed by atoms with Gasteiger partial charge in [0.2, 0.25) is 0 Å². The molecule has 0 spiro atoms. The van der Waals surface area contributed by atoms with Crippen LogP contribution in [0.2, 0.25) is 0 Å². The summed E-state index contributed by atoms with van der Waals surface area (Å²) in [5.74, 6) is 0. The maximum absolute atomic E-state index is 11.9. The van der Waals surface area contributed by atoms with E-state index in [2.05, 4.69) is 17.1 Å². The van der Waals surface area contributed by atoms with E-state index in [0.29, 0.717) is 6.04 Å². The molecule has 0 aromatic rings. The number of rotatable bonds is 7. The summed E-state index contributed by atoms with van der Waals surface area (Å²) in [6, 6.07) is 0.628. The molecule has 5 heteroatoms. The first-order valence-corrected chi connectivity index (χ1v) is 9.21. The first-order chi connectivity index (χ1) is 10.8. The van der Waals surface area contributed by atoms with Crippen molar-refractivity contribution in [3.05, 3.63) is 0 Å². The van der Waals surface area contributed by atoms with Crippen molar-refractivity contribution in [1.82, 2.24) is 15.1 Å². The van der Waals surface area contributed by atoms with Gasteiger partial charge in [0.05, 0.1) is 0 Å². The van der Waals surface area contributed by atoms with Crippen molar-refractivity contribution >= 4 is 6.09 Å². The highest BCUT2D eigenvalue weighted by atomic mass is 16.6. The van der Waals surface area contributed by atoms with Gasteiger partial charge in [-0.25, -0.2) is 4.79 Å². The molecule has 1 fully saturated rings. The third kappa shape index (κ3) is 9.16. The second-order valence-electron chi connectivity index (χ2n) is 7.68. The van der Waals surface area contributed by atoms with Crippen molar-refractivity contribution in [2.24, 2.45) is 0 Å². The molecule has 0 bridgehead atoms. The zero-order valence-corrected chi connectivity index (χ0v) is 15.9. The molecule has 0 aromatic heterocycles. The molecule has 1 unspecified atom stereocenters. The van der Waals surface area contributed by atoms with Crippen molar-refractivity contribution in [2.45, 2.75) is 71.4 Å². The monoisotopic (exact) mass is 327 g/mol. The first-order valence-electron chi connectivity index (χ1n) is 9.21. The third-order valence-corrected chi connectivity index (χ3v) is 4.17. The molecular formula is C18H37N3O2. The number of nitrogens with one attached hydrogen (secondary N) is 1. The van der Waals surface area contributed by atoms with Crippen molar-refractivity contribution in [3.8, 4) is 0 Å². The highest BCUT2D eigenvalue weighted by Gasteiger charge is 2.19. The van der Waals surface area contributed by atoms with E-state index in [-0.39, 0.29) is 6.09 Å². The molecule has 0 radical (unpaired) electrons. The topological polar surface area (TPSA) is 44.8 Å². The number of ether oxygens (including phenoxy) is 1. The third-order valence-electron chi connectivity index (χ3n) is 4.17. The van der Waals surface area contributed by atoms with Crippen LogP contribution in [-0.4, -0.2) is 67.3 Å². The lowest BCUT2D eigenvalue weighted by Gasteiger charge is -2.25. The molecule has 1 N–H and O–H groups in total. The summed E-state index contributed by atoms with van der Waals surface area (Å²) in [6.07, 6.45) is 5.77. The molecule has 1 aliphatic rings. The summed E-state index contributed by atoms with van der Waals surface area (Å²) >= 11 is 0. The second-order valence-corrected chi connectivity index (χ2v) is 7.68. The van der Waals surface area contributed by atoms with E-state index in [4.69, 9.17) is 4.74 Å². The Hall–Kier alpha value is -0.810. The standard InChI is InChI=1S/C18H37N3O2/c1-6-12-21-14-7-9-16(10-15-21)19-11-8-13-20(5)17(22)23-18(2,3)4/h16,19H,6-15H2,1-5H3. The second kappa shape index (κ2) is 10.1. The molecule has 0 saturated carbocycles. The lowest BCUT2D eigenvalue weighted by Crippen LogP contribution is -2.37. The van der Waals surface area contributed by atoms with E-state index >= 15 is 0 Å². The summed E-state index contributed by atoms with van der Waals surface area (Å²) < 4.78 is 5.36. The van der Waals surface area contributed by atoms with Gasteiger partial charge in [-0.3, -0.25) is 0 Å². The van der Waals surface area contributed by atoms with E-state index in [9.17, 15) is 4.79 Å². The van der Waals surface area contributed by atoms with E-state index in [1.54, 1.807) is 4.90 Å². The Bertz CT molecular complexity index is 342. The van der Waals surface area contributed by atoms with Gasteiger partial charge in [-0.1, -0.05) is 6.92 Å². The number of hydrogen-bond donors (Lipinski definition) is 1. The molecule has 1 rings (SSSR count). The average molecular weight is 328 g/mol. The predicted molar refractivity (Wildman–Crippen MR) is 95.9 cm³/mol. The molecule has 5 nitrogen and oxygen atoms in total. The smallest absolute Gasteiger partial charge is 0.410 e. The minimum absolute atomic E-state index is 0.234. The van der Waals surface area contributed by atoms with Crippen LogP contribution in [0.3, 0.4) is 0 Å². The molecule has 1 atom stereocenters. The lowest BCUT2D eigenvalue weighted by molar-refractivity contribution is 0.0297. The molecule has 0 aliphatic carbocycles. The predicted octanol–water partition coefficient (Wildman–Crippen LogP) is 3.10. The number of nitrogens with zero attached hydrogens (tertiary/aromatic N) is 2. The summed E-state index contributed by atoms with van der Waals surface area (Å²) in [5.41, 5.74) is -0.422. The quantitative estimate of drug-likeness (QED) is 0.730. The van der Waals surface area contributed by atoms with E-state index < -0.39 is 5.60 Å². The summed E-state index contributed by atoms with van der Waals surface area (Å²) in [6.45, 7) is 13.3. The fourth-order valence-corrected chi connectivity index (χ4v) is 2.95. The fraction of sp³-hybridized carbons (Fsp3) is 0.944. The van der Waals surface area contributed by atoms with E-state index in [1.165, 1.54) is 45.3 Å². The van der Waals surface area contributed by atoms with Gasteiger partial charge < -0.3 is 19.9 Å². The molecule has 0 aromatic carbocycles. The van der Waals surface area contributed by atoms with Gasteiger partial charge in [0.15, 0.2) is 0 Å². The van der Waals surface area contributed by atoms with Gasteiger partial charge in [0.25, 0.3) is 0 Å². The van der Waals surface area contributed by atoms with Crippen molar-refractivity contribution in [1.29, 1.82) is 0 Å². The molecule has 136 valence electrons. The van der Waals surface area contributed by atoms with Crippen LogP contribution >= 0.6 is 0 Å². The Morgan fingerprint density at radius 3 is 2.70 bits per heavy atom. The normalized spacial score (nSPS) is 20.1. The number of amides is 1. The summed E-state index contributed by atoms with van der Waals surface area (Å²) in [4.78, 5) is 16.1. The Labute approximate surface area is 142 Å². The summed E-state index contributed by atoms with van der Waals surface area (Å²) in [7, 11) is 1.81. The highest BCUT2D eigenvalue weighted by molar-refractivity contribution is 5.67. The van der Waals surface area contributed by atoms with Gasteiger partial charge in [0.1, 0.15) is 5.60 Å². The van der Waals surface area contributed by atoms with Crippen molar-refractivity contribution in [2.75, 3.05) is 39.8 Å². The van der Waals surface area contributed by atoms with Crippen LogP contribution in [0.1, 0.15) is 59.8 Å². The van der Waals surface area contributed by atoms with Crippen LogP contribution in [0, 0.1) is 0 Å². The minimum Gasteiger partial charge on any atom is -0.444 e. The number of likely N-dealkylation sites (tertiary alicyclic amines) is 1. The van der Waals surface area contributed by atoms with Crippen LogP contribution in [0.5, 0.6) is 0 Å². The Morgan fingerprint density at radius 2 is 2.04 bits per heavy atom. The fourth-order valence-electron chi connectivity index (χ4n) is 2.95. The minimum atomic E-state index is -0.422. The maximum atomic E-state index is 11.9. The zero-order chi connectivity index (χ0) is 17.3. The average Bonchev–Trinajstić information content (AvgIpc) is 2.67. The van der Waals surface area contributed by atoms with Gasteiger partial charge in [-0.15, -0.1) is 0 Å². The van der Waals surface area contributed by atoms with Crippen LogP contribution in [0.25, 0.3) is 0 Å². The number of carbonyl (C=O) groups is 1. The largest absolute Gasteiger partial charge is 0.444 e. The number of hydrogen-bond acceptors (Lipinski definition) is 4. The van der Waals surface area contributed by atoms with Crippen molar-refractivity contribution in [3.63, 3.8) is 0 Å². The van der Waals surface area contributed by atoms with Crippen LogP contribution in [0.15, 0.2) is 0 Å². The molecule has 1 amide bonds. The number of carbonyl (C=O) groups excluding carboxylic acids is 1. The van der Waals surface area contributed by atoms with Crippen molar-refractivity contribution < 1.29 is 9.53 Å². The summed E-state index contributed by atoms with van der Waals surface area (Å²) in [5, 5.41) is 3.66. The molecule has 1 heterocycles. The molecule has 1 saturated heterocycles. The van der Waals surface area contributed by atoms with Crippen LogP contribution < -0.4 is 5.32 Å². The Morgan fingerprint density at radius 1 is 1.30 bits per heavy atom. The Balaban J connectivity index is 2.15. The Kier molecular flexibility index (Phi) is 8.92. The highest BCUT2D eigenvalue weighted by Crippen LogP contribution is 2.12. The van der Waals surface area contributed by atoms with Crippen LogP contribution in [0.4, 0.5) is 4.79 Å². The maximum Gasteiger partial charge on any atom is 0.410 e. The van der Waals surface area contributed by atoms with Gasteiger partial charge in [-0.2, -0.15) is 0 Å². The first kappa shape index (κ1) is 20.2. The molecule has 23 heavy (non-hydrogen) atoms. The SMILES string of the molecule is CCCN1CCCC(NCCCN(C)C(=O)OC(C)(C)C)CC1. The van der Waals surface area contributed by atoms with Gasteiger partial charge in [0, 0.05) is 19.6 Å². The van der Waals surface area contributed by atoms with Crippen LogP contribution in [-0.2, 0) is 4.74 Å². The lowest BCUT2D eigenvalue weighted by atomic mass is 10.1.